The van der Waals surface area contributed by atoms with Gasteiger partial charge in [-0.25, -0.2) is 0 Å². The van der Waals surface area contributed by atoms with E-state index in [0.717, 1.165) is 6.42 Å². The summed E-state index contributed by atoms with van der Waals surface area (Å²) in [5, 5.41) is 8.58. The molecule has 2 unspecified atom stereocenters. The van der Waals surface area contributed by atoms with Crippen molar-refractivity contribution in [3.63, 3.8) is 0 Å². The van der Waals surface area contributed by atoms with Gasteiger partial charge < -0.3 is 15.7 Å². The molecule has 2 atom stereocenters. The standard InChI is InChI=1S/C11H20N2O3/c1-3-7(2)10(12)11(16)13-5-8(6-13)4-9(14)15/h7-8,10H,3-6,12H2,1-2H3,(H,14,15). The van der Waals surface area contributed by atoms with E-state index in [9.17, 15) is 9.59 Å². The van der Waals surface area contributed by atoms with Crippen molar-refractivity contribution in [3.05, 3.63) is 0 Å². The summed E-state index contributed by atoms with van der Waals surface area (Å²) in [5.74, 6) is -0.573. The van der Waals surface area contributed by atoms with Crippen LogP contribution >= 0.6 is 0 Å². The average Bonchev–Trinajstić information content (AvgIpc) is 2.19. The van der Waals surface area contributed by atoms with Crippen molar-refractivity contribution in [1.29, 1.82) is 0 Å². The highest BCUT2D eigenvalue weighted by atomic mass is 16.4. The lowest BCUT2D eigenvalue weighted by molar-refractivity contribution is -0.146. The van der Waals surface area contributed by atoms with E-state index in [1.165, 1.54) is 0 Å². The zero-order valence-corrected chi connectivity index (χ0v) is 9.85. The summed E-state index contributed by atoms with van der Waals surface area (Å²) in [6, 6.07) is -0.448. The van der Waals surface area contributed by atoms with E-state index in [1.54, 1.807) is 4.90 Å². The third-order valence-corrected chi connectivity index (χ3v) is 3.27. The van der Waals surface area contributed by atoms with Crippen LogP contribution in [0.25, 0.3) is 0 Å². The lowest BCUT2D eigenvalue weighted by Gasteiger charge is -2.40. The Morgan fingerprint density at radius 1 is 1.50 bits per heavy atom. The molecule has 0 aliphatic carbocycles. The number of aliphatic carboxylic acids is 1. The van der Waals surface area contributed by atoms with Gasteiger partial charge in [0.2, 0.25) is 5.91 Å². The van der Waals surface area contributed by atoms with Crippen LogP contribution in [0.15, 0.2) is 0 Å². The van der Waals surface area contributed by atoms with Crippen LogP contribution in [-0.4, -0.2) is 41.0 Å². The van der Waals surface area contributed by atoms with E-state index in [4.69, 9.17) is 10.8 Å². The van der Waals surface area contributed by atoms with E-state index < -0.39 is 12.0 Å². The highest BCUT2D eigenvalue weighted by Crippen LogP contribution is 2.21. The van der Waals surface area contributed by atoms with E-state index in [1.807, 2.05) is 13.8 Å². The molecular weight excluding hydrogens is 208 g/mol. The van der Waals surface area contributed by atoms with Crippen molar-refractivity contribution in [1.82, 2.24) is 4.90 Å². The summed E-state index contributed by atoms with van der Waals surface area (Å²) in [7, 11) is 0. The summed E-state index contributed by atoms with van der Waals surface area (Å²) in [5.41, 5.74) is 5.82. The molecule has 0 aromatic carbocycles. The molecule has 1 rings (SSSR count). The van der Waals surface area contributed by atoms with Gasteiger partial charge in [0.25, 0.3) is 0 Å². The zero-order chi connectivity index (χ0) is 12.3. The predicted octanol–water partition coefficient (Wildman–Crippen LogP) is 0.293. The summed E-state index contributed by atoms with van der Waals surface area (Å²) in [4.78, 5) is 23.9. The largest absolute Gasteiger partial charge is 0.481 e. The summed E-state index contributed by atoms with van der Waals surface area (Å²) >= 11 is 0. The van der Waals surface area contributed by atoms with Gasteiger partial charge in [-0.1, -0.05) is 20.3 Å². The predicted molar refractivity (Wildman–Crippen MR) is 59.8 cm³/mol. The second kappa shape index (κ2) is 5.30. The number of carboxylic acids is 1. The second-order valence-corrected chi connectivity index (χ2v) is 4.62. The molecule has 1 fully saturated rings. The summed E-state index contributed by atoms with van der Waals surface area (Å²) < 4.78 is 0. The fraction of sp³-hybridized carbons (Fsp3) is 0.818. The maximum atomic E-state index is 11.8. The molecule has 1 aliphatic rings. The van der Waals surface area contributed by atoms with Gasteiger partial charge in [-0.15, -0.1) is 0 Å². The van der Waals surface area contributed by atoms with Gasteiger partial charge in [-0.3, -0.25) is 9.59 Å². The quantitative estimate of drug-likeness (QED) is 0.708. The van der Waals surface area contributed by atoms with Crippen molar-refractivity contribution in [2.75, 3.05) is 13.1 Å². The molecule has 1 heterocycles. The molecule has 92 valence electrons. The topological polar surface area (TPSA) is 83.6 Å². The van der Waals surface area contributed by atoms with Gasteiger partial charge in [0.15, 0.2) is 0 Å². The minimum atomic E-state index is -0.802. The fourth-order valence-corrected chi connectivity index (χ4v) is 1.83. The van der Waals surface area contributed by atoms with Gasteiger partial charge in [-0.05, 0) is 5.92 Å². The molecule has 1 aliphatic heterocycles. The van der Waals surface area contributed by atoms with Crippen LogP contribution in [0.5, 0.6) is 0 Å². The highest BCUT2D eigenvalue weighted by Gasteiger charge is 2.35. The Morgan fingerprint density at radius 2 is 2.06 bits per heavy atom. The second-order valence-electron chi connectivity index (χ2n) is 4.62. The molecule has 0 bridgehead atoms. The first-order chi connectivity index (χ1) is 7.45. The molecule has 0 aromatic heterocycles. The zero-order valence-electron chi connectivity index (χ0n) is 9.85. The first-order valence-corrected chi connectivity index (χ1v) is 5.71. The van der Waals surface area contributed by atoms with E-state index in [0.29, 0.717) is 13.1 Å². The number of carbonyl (C=O) groups is 2. The molecule has 0 aromatic rings. The Labute approximate surface area is 95.6 Å². The Morgan fingerprint density at radius 3 is 2.50 bits per heavy atom. The van der Waals surface area contributed by atoms with Crippen molar-refractivity contribution in [2.24, 2.45) is 17.6 Å². The molecule has 1 saturated heterocycles. The molecule has 0 saturated carbocycles. The van der Waals surface area contributed by atoms with Gasteiger partial charge in [0.05, 0.1) is 12.5 Å². The van der Waals surface area contributed by atoms with E-state index in [2.05, 4.69) is 0 Å². The minimum Gasteiger partial charge on any atom is -0.481 e. The number of nitrogens with two attached hydrogens (primary N) is 1. The molecule has 3 N–H and O–H groups in total. The van der Waals surface area contributed by atoms with E-state index in [-0.39, 0.29) is 24.2 Å². The first kappa shape index (κ1) is 13.0. The fourth-order valence-electron chi connectivity index (χ4n) is 1.83. The van der Waals surface area contributed by atoms with Crippen molar-refractivity contribution in [2.45, 2.75) is 32.7 Å². The lowest BCUT2D eigenvalue weighted by Crippen LogP contribution is -2.56. The monoisotopic (exact) mass is 228 g/mol. The van der Waals surface area contributed by atoms with Crippen LogP contribution in [-0.2, 0) is 9.59 Å². The Bertz CT molecular complexity index is 274. The first-order valence-electron chi connectivity index (χ1n) is 5.71. The third-order valence-electron chi connectivity index (χ3n) is 3.27. The van der Waals surface area contributed by atoms with Crippen LogP contribution in [0.2, 0.25) is 0 Å². The molecule has 0 spiro atoms. The lowest BCUT2D eigenvalue weighted by atomic mass is 9.92. The highest BCUT2D eigenvalue weighted by molar-refractivity contribution is 5.83. The van der Waals surface area contributed by atoms with Crippen LogP contribution in [0, 0.1) is 11.8 Å². The number of carbonyl (C=O) groups excluding carboxylic acids is 1. The molecular formula is C11H20N2O3. The normalized spacial score (nSPS) is 20.1. The molecule has 0 radical (unpaired) electrons. The van der Waals surface area contributed by atoms with Crippen molar-refractivity contribution in [3.8, 4) is 0 Å². The van der Waals surface area contributed by atoms with Crippen LogP contribution in [0.1, 0.15) is 26.7 Å². The van der Waals surface area contributed by atoms with Crippen LogP contribution in [0.4, 0.5) is 0 Å². The number of hydrogen-bond donors (Lipinski definition) is 2. The number of nitrogens with zero attached hydrogens (tertiary/aromatic N) is 1. The van der Waals surface area contributed by atoms with Gasteiger partial charge in [-0.2, -0.15) is 0 Å². The Balaban J connectivity index is 2.34. The number of rotatable bonds is 5. The maximum Gasteiger partial charge on any atom is 0.303 e. The van der Waals surface area contributed by atoms with Crippen LogP contribution in [0.3, 0.4) is 0 Å². The van der Waals surface area contributed by atoms with Gasteiger partial charge >= 0.3 is 5.97 Å². The van der Waals surface area contributed by atoms with Crippen molar-refractivity contribution >= 4 is 11.9 Å². The molecule has 16 heavy (non-hydrogen) atoms. The molecule has 5 nitrogen and oxygen atoms in total. The summed E-state index contributed by atoms with van der Waals surface area (Å²) in [6.07, 6.45) is 1.02. The smallest absolute Gasteiger partial charge is 0.303 e. The molecule has 5 heteroatoms. The SMILES string of the molecule is CCC(C)C(N)C(=O)N1CC(CC(=O)O)C1. The van der Waals surface area contributed by atoms with Gasteiger partial charge in [0, 0.05) is 19.0 Å². The Kier molecular flexibility index (Phi) is 4.29. The van der Waals surface area contributed by atoms with Crippen molar-refractivity contribution < 1.29 is 14.7 Å². The Hall–Kier alpha value is -1.10. The maximum absolute atomic E-state index is 11.8. The van der Waals surface area contributed by atoms with Gasteiger partial charge in [0.1, 0.15) is 0 Å². The van der Waals surface area contributed by atoms with E-state index >= 15 is 0 Å². The summed E-state index contributed by atoms with van der Waals surface area (Å²) in [6.45, 7) is 5.03. The third kappa shape index (κ3) is 2.95. The average molecular weight is 228 g/mol. The number of hydrogen-bond acceptors (Lipinski definition) is 3. The number of carboxylic acid groups (broad SMARTS) is 1. The number of likely N-dealkylation sites (tertiary alicyclic amines) is 1. The van der Waals surface area contributed by atoms with Crippen LogP contribution < -0.4 is 5.73 Å². The minimum absolute atomic E-state index is 0.0454. The molecule has 1 amide bonds. The number of amides is 1.